The monoisotopic (exact) mass is 568 g/mol. The zero-order valence-electron chi connectivity index (χ0n) is 23.9. The summed E-state index contributed by atoms with van der Waals surface area (Å²) >= 11 is 1.73. The largest absolute Gasteiger partial charge is 0.497 e. The number of aliphatic hydroxyl groups is 1. The number of hydrogen-bond donors (Lipinski definition) is 1. The minimum atomic E-state index is -0.589. The number of benzene rings is 3. The molecule has 0 saturated carbocycles. The highest BCUT2D eigenvalue weighted by Gasteiger charge is 2.39. The third-order valence-corrected chi connectivity index (χ3v) is 9.94. The zero-order valence-corrected chi connectivity index (χ0v) is 24.7. The maximum atomic E-state index is 13.8. The van der Waals surface area contributed by atoms with Gasteiger partial charge in [0.25, 0.3) is 5.91 Å². The molecule has 1 N–H and O–H groups in total. The summed E-state index contributed by atoms with van der Waals surface area (Å²) in [6.45, 7) is 4.29. The molecule has 0 radical (unpaired) electrons. The molecule has 2 saturated heterocycles. The van der Waals surface area contributed by atoms with Gasteiger partial charge in [0.15, 0.2) is 0 Å². The molecule has 0 aliphatic carbocycles. The van der Waals surface area contributed by atoms with Gasteiger partial charge in [-0.05, 0) is 94.9 Å². The number of likely N-dealkylation sites (tertiary alicyclic amines) is 2. The van der Waals surface area contributed by atoms with E-state index in [0.29, 0.717) is 11.8 Å². The third kappa shape index (κ3) is 6.35. The highest BCUT2D eigenvalue weighted by Crippen LogP contribution is 2.37. The van der Waals surface area contributed by atoms with E-state index < -0.39 is 5.60 Å². The summed E-state index contributed by atoms with van der Waals surface area (Å²) in [5, 5.41) is 17.9. The van der Waals surface area contributed by atoms with Gasteiger partial charge < -0.3 is 19.6 Å². The fraction of sp³-hybridized carbons (Fsp3) is 0.400. The van der Waals surface area contributed by atoms with Crippen LogP contribution in [0.15, 0.2) is 83.6 Å². The van der Waals surface area contributed by atoms with Crippen molar-refractivity contribution < 1.29 is 14.6 Å². The molecule has 2 aliphatic rings. The van der Waals surface area contributed by atoms with E-state index in [-0.39, 0.29) is 5.91 Å². The highest BCUT2D eigenvalue weighted by atomic mass is 32.1. The fourth-order valence-electron chi connectivity index (χ4n) is 6.85. The van der Waals surface area contributed by atoms with Crippen molar-refractivity contribution in [1.29, 1.82) is 0 Å². The van der Waals surface area contributed by atoms with Crippen molar-refractivity contribution >= 4 is 28.0 Å². The minimum absolute atomic E-state index is 0.133. The van der Waals surface area contributed by atoms with Crippen LogP contribution in [0.25, 0.3) is 10.8 Å². The maximum absolute atomic E-state index is 13.8. The normalized spacial score (nSPS) is 20.9. The minimum Gasteiger partial charge on any atom is -0.497 e. The molecule has 1 aromatic heterocycles. The number of ether oxygens (including phenoxy) is 1. The van der Waals surface area contributed by atoms with Crippen LogP contribution < -0.4 is 4.74 Å². The molecule has 3 aromatic carbocycles. The Labute approximate surface area is 247 Å². The van der Waals surface area contributed by atoms with E-state index in [4.69, 9.17) is 4.74 Å². The number of aryl methyl sites for hydroxylation is 1. The number of rotatable bonds is 9. The second-order valence-corrected chi connectivity index (χ2v) is 12.7. The Balaban J connectivity index is 1.07. The molecular formula is C35H40N2O3S. The lowest BCUT2D eigenvalue weighted by molar-refractivity contribution is -0.0315. The number of carbonyl (C=O) groups excluding carboxylic acids is 1. The first kappa shape index (κ1) is 28.0. The first-order chi connectivity index (χ1) is 20.0. The van der Waals surface area contributed by atoms with Crippen LogP contribution in [0.4, 0.5) is 0 Å². The molecule has 0 bridgehead atoms. The van der Waals surface area contributed by atoms with Crippen LogP contribution in [-0.4, -0.2) is 66.2 Å². The van der Waals surface area contributed by atoms with Crippen molar-refractivity contribution in [2.45, 2.75) is 43.6 Å². The quantitative estimate of drug-likeness (QED) is 0.247. The Morgan fingerprint density at radius 2 is 1.83 bits per heavy atom. The van der Waals surface area contributed by atoms with E-state index in [2.05, 4.69) is 57.0 Å². The smallest absolute Gasteiger partial charge is 0.254 e. The van der Waals surface area contributed by atoms with Crippen LogP contribution in [-0.2, 0) is 6.42 Å². The van der Waals surface area contributed by atoms with Gasteiger partial charge in [-0.3, -0.25) is 4.79 Å². The number of fused-ring (bicyclic) bond motifs is 1. The number of methoxy groups -OCH3 is 1. The van der Waals surface area contributed by atoms with Crippen LogP contribution in [0.5, 0.6) is 5.75 Å². The second-order valence-electron chi connectivity index (χ2n) is 11.9. The lowest BCUT2D eigenvalue weighted by atomic mass is 9.84. The topological polar surface area (TPSA) is 53.0 Å². The van der Waals surface area contributed by atoms with Gasteiger partial charge in [-0.15, -0.1) is 0 Å². The van der Waals surface area contributed by atoms with Gasteiger partial charge in [-0.2, -0.15) is 11.3 Å². The van der Waals surface area contributed by atoms with Gasteiger partial charge in [0.1, 0.15) is 5.75 Å². The molecule has 0 spiro atoms. The van der Waals surface area contributed by atoms with E-state index in [1.165, 1.54) is 11.1 Å². The summed E-state index contributed by atoms with van der Waals surface area (Å²) in [7, 11) is 1.70. The number of amides is 1. The Morgan fingerprint density at radius 1 is 1.02 bits per heavy atom. The maximum Gasteiger partial charge on any atom is 0.254 e. The lowest BCUT2D eigenvalue weighted by Crippen LogP contribution is -2.46. The van der Waals surface area contributed by atoms with Gasteiger partial charge in [0, 0.05) is 44.2 Å². The van der Waals surface area contributed by atoms with Crippen molar-refractivity contribution in [3.05, 3.63) is 100 Å². The Bertz CT molecular complexity index is 1460. The van der Waals surface area contributed by atoms with E-state index >= 15 is 0 Å². The number of carbonyl (C=O) groups is 1. The third-order valence-electron chi connectivity index (χ3n) is 9.24. The molecule has 2 unspecified atom stereocenters. The van der Waals surface area contributed by atoms with E-state index in [0.717, 1.165) is 86.9 Å². The van der Waals surface area contributed by atoms with Crippen molar-refractivity contribution in [2.75, 3.05) is 39.8 Å². The van der Waals surface area contributed by atoms with Gasteiger partial charge in [-0.25, -0.2) is 0 Å². The molecule has 6 rings (SSSR count). The molecule has 6 heteroatoms. The molecule has 5 nitrogen and oxygen atoms in total. The SMILES string of the molecule is COc1cccc(CCCC2(O)CCN(CC3CN(C(=O)c4cccc5ccccc45)CC3c3ccsc3)CC2)c1. The van der Waals surface area contributed by atoms with Gasteiger partial charge in [0.05, 0.1) is 12.7 Å². The average molecular weight is 569 g/mol. The first-order valence-corrected chi connectivity index (χ1v) is 15.8. The van der Waals surface area contributed by atoms with Gasteiger partial charge >= 0.3 is 0 Å². The van der Waals surface area contributed by atoms with Crippen molar-refractivity contribution in [2.24, 2.45) is 5.92 Å². The standard InChI is InChI=1S/C35H40N2O3S/c1-40-30-11-4-7-26(21-30)8-6-15-35(39)16-18-36(19-17-35)22-29-23-37(24-33(29)28-14-20-41-25-28)34(38)32-13-5-10-27-9-2-3-12-31(27)32/h2-5,7,9-14,20-21,25,29,33,39H,6,8,15-19,22-24H2,1H3. The first-order valence-electron chi connectivity index (χ1n) is 14.9. The molecule has 2 fully saturated rings. The lowest BCUT2D eigenvalue weighted by Gasteiger charge is -2.39. The fourth-order valence-corrected chi connectivity index (χ4v) is 7.58. The number of thiophene rings is 1. The van der Waals surface area contributed by atoms with Gasteiger partial charge in [0.2, 0.25) is 0 Å². The zero-order chi connectivity index (χ0) is 28.2. The molecule has 2 aliphatic heterocycles. The predicted molar refractivity (Wildman–Crippen MR) is 167 cm³/mol. The highest BCUT2D eigenvalue weighted by molar-refractivity contribution is 7.08. The Kier molecular flexibility index (Phi) is 8.42. The average Bonchev–Trinajstić information content (AvgIpc) is 3.68. The molecular weight excluding hydrogens is 528 g/mol. The summed E-state index contributed by atoms with van der Waals surface area (Å²) in [6, 6.07) is 24.6. The summed E-state index contributed by atoms with van der Waals surface area (Å²) in [4.78, 5) is 18.4. The van der Waals surface area contributed by atoms with Gasteiger partial charge in [-0.1, -0.05) is 48.5 Å². The Morgan fingerprint density at radius 3 is 2.63 bits per heavy atom. The Hall–Kier alpha value is -3.19. The van der Waals surface area contributed by atoms with Crippen LogP contribution in [0.1, 0.15) is 53.1 Å². The van der Waals surface area contributed by atoms with E-state index in [1.807, 2.05) is 36.4 Å². The molecule has 3 heterocycles. The van der Waals surface area contributed by atoms with Crippen LogP contribution in [0, 0.1) is 5.92 Å². The molecule has 214 valence electrons. The van der Waals surface area contributed by atoms with Crippen LogP contribution >= 0.6 is 11.3 Å². The number of nitrogens with zero attached hydrogens (tertiary/aromatic N) is 2. The second kappa shape index (κ2) is 12.4. The predicted octanol–water partition coefficient (Wildman–Crippen LogP) is 6.62. The van der Waals surface area contributed by atoms with E-state index in [1.54, 1.807) is 18.4 Å². The van der Waals surface area contributed by atoms with Crippen LogP contribution in [0.3, 0.4) is 0 Å². The molecule has 1 amide bonds. The van der Waals surface area contributed by atoms with E-state index in [9.17, 15) is 9.90 Å². The summed E-state index contributed by atoms with van der Waals surface area (Å²) in [5.41, 5.74) is 2.81. The summed E-state index contributed by atoms with van der Waals surface area (Å²) in [6.07, 6.45) is 4.36. The molecule has 41 heavy (non-hydrogen) atoms. The van der Waals surface area contributed by atoms with Crippen molar-refractivity contribution in [3.8, 4) is 5.75 Å². The molecule has 2 atom stereocenters. The number of piperidine rings is 1. The number of hydrogen-bond acceptors (Lipinski definition) is 5. The van der Waals surface area contributed by atoms with Crippen molar-refractivity contribution in [3.63, 3.8) is 0 Å². The molecule has 4 aromatic rings. The summed E-state index contributed by atoms with van der Waals surface area (Å²) in [5.74, 6) is 1.74. The van der Waals surface area contributed by atoms with Crippen LogP contribution in [0.2, 0.25) is 0 Å². The van der Waals surface area contributed by atoms with Crippen molar-refractivity contribution in [1.82, 2.24) is 9.80 Å². The summed E-state index contributed by atoms with van der Waals surface area (Å²) < 4.78 is 5.35.